The number of hydrogen-bond donors (Lipinski definition) is 1. The topological polar surface area (TPSA) is 55.3 Å². The highest BCUT2D eigenvalue weighted by molar-refractivity contribution is 5.53. The molecule has 22 heavy (non-hydrogen) atoms. The minimum atomic E-state index is 0.399. The molecule has 1 saturated heterocycles. The fourth-order valence-electron chi connectivity index (χ4n) is 3.97. The summed E-state index contributed by atoms with van der Waals surface area (Å²) in [6.07, 6.45) is 4.28. The van der Waals surface area contributed by atoms with Gasteiger partial charge in [-0.05, 0) is 43.7 Å². The molecular weight excluding hydrogens is 274 g/mol. The lowest BCUT2D eigenvalue weighted by Gasteiger charge is -2.16. The van der Waals surface area contributed by atoms with Crippen molar-refractivity contribution in [2.75, 3.05) is 13.1 Å². The van der Waals surface area contributed by atoms with Gasteiger partial charge in [-0.3, -0.25) is 4.90 Å². The molecule has 1 aromatic carbocycles. The molecule has 0 bridgehead atoms. The Morgan fingerprint density at radius 1 is 1.23 bits per heavy atom. The Hall–Kier alpha value is -1.65. The maximum absolute atomic E-state index is 6.21. The molecule has 1 saturated carbocycles. The van der Waals surface area contributed by atoms with Crippen molar-refractivity contribution in [3.05, 3.63) is 41.8 Å². The van der Waals surface area contributed by atoms with Crippen LogP contribution in [-0.4, -0.2) is 29.0 Å². The zero-order valence-corrected chi connectivity index (χ0v) is 13.0. The van der Waals surface area contributed by atoms with Crippen molar-refractivity contribution in [3.8, 4) is 11.5 Å². The number of aryl methyl sites for hydroxylation is 1. The van der Waals surface area contributed by atoms with Crippen LogP contribution in [0.3, 0.4) is 0 Å². The van der Waals surface area contributed by atoms with Crippen LogP contribution in [-0.2, 0) is 6.54 Å². The fraction of sp³-hybridized carbons (Fsp3) is 0.500. The van der Waals surface area contributed by atoms with Crippen LogP contribution in [0.2, 0.25) is 0 Å². The van der Waals surface area contributed by atoms with E-state index in [1.807, 2.05) is 0 Å². The molecule has 1 aromatic heterocycles. The second-order valence-electron chi connectivity index (χ2n) is 6.87. The van der Waals surface area contributed by atoms with Crippen LogP contribution in [0.25, 0.3) is 11.5 Å². The zero-order chi connectivity index (χ0) is 15.1. The molecule has 1 aliphatic heterocycles. The van der Waals surface area contributed by atoms with E-state index < -0.39 is 0 Å². The van der Waals surface area contributed by atoms with Gasteiger partial charge in [0.05, 0.1) is 5.69 Å². The lowest BCUT2D eigenvalue weighted by Crippen LogP contribution is -2.30. The molecule has 2 aliphatic rings. The minimum Gasteiger partial charge on any atom is -0.444 e. The molecule has 2 aromatic rings. The van der Waals surface area contributed by atoms with E-state index in [4.69, 9.17) is 10.2 Å². The van der Waals surface area contributed by atoms with Gasteiger partial charge < -0.3 is 10.2 Å². The summed E-state index contributed by atoms with van der Waals surface area (Å²) in [6, 6.07) is 8.69. The van der Waals surface area contributed by atoms with Crippen LogP contribution in [0.4, 0.5) is 0 Å². The number of hydrogen-bond acceptors (Lipinski definition) is 4. The molecule has 0 spiro atoms. The van der Waals surface area contributed by atoms with E-state index in [0.29, 0.717) is 17.9 Å². The van der Waals surface area contributed by atoms with Crippen molar-refractivity contribution in [3.63, 3.8) is 0 Å². The number of rotatable bonds is 3. The zero-order valence-electron chi connectivity index (χ0n) is 13.0. The molecule has 3 atom stereocenters. The minimum absolute atomic E-state index is 0.399. The molecule has 116 valence electrons. The van der Waals surface area contributed by atoms with Gasteiger partial charge in [0.1, 0.15) is 6.26 Å². The van der Waals surface area contributed by atoms with E-state index in [1.54, 1.807) is 6.26 Å². The number of nitrogens with two attached hydrogens (primary N) is 1. The number of nitrogens with zero attached hydrogens (tertiary/aromatic N) is 2. The molecule has 4 rings (SSSR count). The summed E-state index contributed by atoms with van der Waals surface area (Å²) in [6.45, 7) is 5.22. The summed E-state index contributed by atoms with van der Waals surface area (Å²) in [7, 11) is 0. The van der Waals surface area contributed by atoms with Crippen molar-refractivity contribution in [2.24, 2.45) is 17.6 Å². The van der Waals surface area contributed by atoms with Gasteiger partial charge in [0.2, 0.25) is 5.89 Å². The third-order valence-electron chi connectivity index (χ3n) is 5.22. The Morgan fingerprint density at radius 2 is 2.05 bits per heavy atom. The summed E-state index contributed by atoms with van der Waals surface area (Å²) in [5, 5.41) is 0. The highest BCUT2D eigenvalue weighted by Gasteiger charge is 2.40. The maximum atomic E-state index is 6.21. The summed E-state index contributed by atoms with van der Waals surface area (Å²) in [4.78, 5) is 7.12. The Kier molecular flexibility index (Phi) is 3.51. The van der Waals surface area contributed by atoms with E-state index in [2.05, 4.69) is 41.1 Å². The monoisotopic (exact) mass is 297 g/mol. The quantitative estimate of drug-likeness (QED) is 0.946. The molecular formula is C18H23N3O. The standard InChI is InChI=1S/C18H23N3O/c1-12-2-4-13(5-3-12)18-20-15(11-22-18)9-21-8-14-6-7-17(19)16(14)10-21/h2-5,11,14,16-17H,6-10,19H2,1H3. The van der Waals surface area contributed by atoms with Crippen LogP contribution < -0.4 is 5.73 Å². The second kappa shape index (κ2) is 5.52. The Labute approximate surface area is 131 Å². The van der Waals surface area contributed by atoms with Gasteiger partial charge in [-0.2, -0.15) is 0 Å². The first-order valence-corrected chi connectivity index (χ1v) is 8.18. The van der Waals surface area contributed by atoms with Gasteiger partial charge in [0.25, 0.3) is 0 Å². The van der Waals surface area contributed by atoms with Gasteiger partial charge in [-0.1, -0.05) is 17.7 Å². The van der Waals surface area contributed by atoms with Gasteiger partial charge in [-0.25, -0.2) is 4.98 Å². The van der Waals surface area contributed by atoms with Crippen LogP contribution in [0, 0.1) is 18.8 Å². The number of fused-ring (bicyclic) bond motifs is 1. The number of benzene rings is 1. The predicted molar refractivity (Wildman–Crippen MR) is 86.1 cm³/mol. The highest BCUT2D eigenvalue weighted by Crippen LogP contribution is 2.37. The normalized spacial score (nSPS) is 28.2. The SMILES string of the molecule is Cc1ccc(-c2nc(CN3CC4CCC(N)C4C3)co2)cc1. The van der Waals surface area contributed by atoms with Gasteiger partial charge in [0.15, 0.2) is 0 Å². The second-order valence-corrected chi connectivity index (χ2v) is 6.87. The van der Waals surface area contributed by atoms with E-state index in [-0.39, 0.29) is 0 Å². The smallest absolute Gasteiger partial charge is 0.226 e. The lowest BCUT2D eigenvalue weighted by molar-refractivity contribution is 0.294. The Bertz CT molecular complexity index is 649. The fourth-order valence-corrected chi connectivity index (χ4v) is 3.97. The molecule has 0 radical (unpaired) electrons. The molecule has 1 aliphatic carbocycles. The molecule has 2 fully saturated rings. The average Bonchev–Trinajstić information content (AvgIpc) is 3.19. The van der Waals surface area contributed by atoms with Crippen LogP contribution in [0.5, 0.6) is 0 Å². The summed E-state index contributed by atoms with van der Waals surface area (Å²) < 4.78 is 5.65. The van der Waals surface area contributed by atoms with Crippen molar-refractivity contribution < 1.29 is 4.42 Å². The molecule has 2 heterocycles. The molecule has 3 unspecified atom stereocenters. The molecule has 4 heteroatoms. The summed E-state index contributed by atoms with van der Waals surface area (Å²) in [5.41, 5.74) is 9.51. The predicted octanol–water partition coefficient (Wildman–Crippen LogP) is 2.82. The van der Waals surface area contributed by atoms with E-state index in [1.165, 1.54) is 18.4 Å². The third kappa shape index (κ3) is 2.57. The lowest BCUT2D eigenvalue weighted by atomic mass is 9.98. The van der Waals surface area contributed by atoms with Crippen molar-refractivity contribution in [1.82, 2.24) is 9.88 Å². The summed E-state index contributed by atoms with van der Waals surface area (Å²) >= 11 is 0. The first-order chi connectivity index (χ1) is 10.7. The molecule has 0 amide bonds. The maximum Gasteiger partial charge on any atom is 0.226 e. The van der Waals surface area contributed by atoms with Crippen molar-refractivity contribution >= 4 is 0 Å². The molecule has 2 N–H and O–H groups in total. The van der Waals surface area contributed by atoms with Crippen LogP contribution in [0.15, 0.2) is 34.9 Å². The number of likely N-dealkylation sites (tertiary alicyclic amines) is 1. The number of aromatic nitrogens is 1. The van der Waals surface area contributed by atoms with Crippen LogP contribution in [0.1, 0.15) is 24.1 Å². The first-order valence-electron chi connectivity index (χ1n) is 8.18. The highest BCUT2D eigenvalue weighted by atomic mass is 16.3. The van der Waals surface area contributed by atoms with Gasteiger partial charge >= 0.3 is 0 Å². The number of oxazole rings is 1. The Balaban J connectivity index is 1.43. The average molecular weight is 297 g/mol. The third-order valence-corrected chi connectivity index (χ3v) is 5.22. The van der Waals surface area contributed by atoms with Gasteiger partial charge in [-0.15, -0.1) is 0 Å². The molecule has 4 nitrogen and oxygen atoms in total. The van der Waals surface area contributed by atoms with Gasteiger partial charge in [0, 0.05) is 31.2 Å². The van der Waals surface area contributed by atoms with Crippen LogP contribution >= 0.6 is 0 Å². The summed E-state index contributed by atoms with van der Waals surface area (Å²) in [5.74, 6) is 2.19. The van der Waals surface area contributed by atoms with E-state index >= 15 is 0 Å². The van der Waals surface area contributed by atoms with Crippen molar-refractivity contribution in [1.29, 1.82) is 0 Å². The largest absolute Gasteiger partial charge is 0.444 e. The van der Waals surface area contributed by atoms with E-state index in [9.17, 15) is 0 Å². The first kappa shape index (κ1) is 14.0. The van der Waals surface area contributed by atoms with E-state index in [0.717, 1.165) is 36.8 Å². The Morgan fingerprint density at radius 3 is 2.82 bits per heavy atom. The van der Waals surface area contributed by atoms with Crippen molar-refractivity contribution in [2.45, 2.75) is 32.4 Å².